The normalized spacial score (nSPS) is 18.4. The van der Waals surface area contributed by atoms with Crippen LogP contribution in [0.15, 0.2) is 24.3 Å². The van der Waals surface area contributed by atoms with Crippen LogP contribution in [-0.4, -0.2) is 31.7 Å². The first-order valence-electron chi connectivity index (χ1n) is 7.53. The van der Waals surface area contributed by atoms with Crippen molar-refractivity contribution < 1.29 is 22.7 Å². The maximum absolute atomic E-state index is 13.0. The SMILES string of the molecule is C[C@@H](N)C(=O)NCC1(c2cccc(C(F)(F)F)c2)CCOCC1.Cl. The summed E-state index contributed by atoms with van der Waals surface area (Å²) in [4.78, 5) is 11.7. The zero-order chi connectivity index (χ0) is 17.1. The molecule has 0 saturated carbocycles. The van der Waals surface area contributed by atoms with Crippen LogP contribution >= 0.6 is 12.4 Å². The molecule has 2 rings (SSSR count). The number of nitrogens with two attached hydrogens (primary N) is 1. The molecule has 8 heteroatoms. The van der Waals surface area contributed by atoms with E-state index in [2.05, 4.69) is 5.32 Å². The number of carbonyl (C=O) groups is 1. The molecular weight excluding hydrogens is 345 g/mol. The van der Waals surface area contributed by atoms with Crippen molar-refractivity contribution in [3.05, 3.63) is 35.4 Å². The lowest BCUT2D eigenvalue weighted by Crippen LogP contribution is -2.48. The van der Waals surface area contributed by atoms with Crippen LogP contribution in [0.25, 0.3) is 0 Å². The van der Waals surface area contributed by atoms with Crippen LogP contribution in [0.5, 0.6) is 0 Å². The van der Waals surface area contributed by atoms with Gasteiger partial charge in [0.2, 0.25) is 5.91 Å². The summed E-state index contributed by atoms with van der Waals surface area (Å²) in [5.74, 6) is -0.317. The quantitative estimate of drug-likeness (QED) is 0.861. The Bertz CT molecular complexity index is 558. The fourth-order valence-corrected chi connectivity index (χ4v) is 2.77. The highest BCUT2D eigenvalue weighted by atomic mass is 35.5. The third-order valence-electron chi connectivity index (χ3n) is 4.27. The zero-order valence-corrected chi connectivity index (χ0v) is 14.2. The van der Waals surface area contributed by atoms with Crippen LogP contribution < -0.4 is 11.1 Å². The van der Waals surface area contributed by atoms with Gasteiger partial charge in [0.05, 0.1) is 11.6 Å². The van der Waals surface area contributed by atoms with Gasteiger partial charge >= 0.3 is 6.18 Å². The number of rotatable bonds is 4. The largest absolute Gasteiger partial charge is 0.416 e. The number of amides is 1. The zero-order valence-electron chi connectivity index (χ0n) is 13.4. The first kappa shape index (κ1) is 20.7. The monoisotopic (exact) mass is 366 g/mol. The van der Waals surface area contributed by atoms with E-state index >= 15 is 0 Å². The number of halogens is 4. The van der Waals surface area contributed by atoms with Gasteiger partial charge in [0.15, 0.2) is 0 Å². The van der Waals surface area contributed by atoms with Crippen molar-refractivity contribution in [2.24, 2.45) is 5.73 Å². The van der Waals surface area contributed by atoms with E-state index in [1.54, 1.807) is 13.0 Å². The summed E-state index contributed by atoms with van der Waals surface area (Å²) in [6.07, 6.45) is -3.29. The number of carbonyl (C=O) groups excluding carboxylic acids is 1. The van der Waals surface area contributed by atoms with Crippen LogP contribution in [0.1, 0.15) is 30.9 Å². The summed E-state index contributed by atoms with van der Waals surface area (Å²) < 4.78 is 44.2. The molecule has 1 aromatic carbocycles. The van der Waals surface area contributed by atoms with Gasteiger partial charge < -0.3 is 15.8 Å². The first-order chi connectivity index (χ1) is 10.7. The van der Waals surface area contributed by atoms with E-state index in [4.69, 9.17) is 10.5 Å². The van der Waals surface area contributed by atoms with Crippen molar-refractivity contribution in [2.45, 2.75) is 37.4 Å². The molecule has 0 bridgehead atoms. The molecule has 0 unspecified atom stereocenters. The van der Waals surface area contributed by atoms with E-state index in [0.717, 1.165) is 6.07 Å². The molecule has 4 nitrogen and oxygen atoms in total. The Hall–Kier alpha value is -1.31. The number of benzene rings is 1. The lowest BCUT2D eigenvalue weighted by Gasteiger charge is -2.38. The second-order valence-corrected chi connectivity index (χ2v) is 5.98. The van der Waals surface area contributed by atoms with Crippen molar-refractivity contribution in [2.75, 3.05) is 19.8 Å². The number of alkyl halides is 3. The number of nitrogens with one attached hydrogen (secondary N) is 1. The summed E-state index contributed by atoms with van der Waals surface area (Å²) in [6, 6.07) is 4.65. The Morgan fingerprint density at radius 1 is 1.38 bits per heavy atom. The molecule has 1 amide bonds. The number of hydrogen-bond acceptors (Lipinski definition) is 3. The third-order valence-corrected chi connectivity index (χ3v) is 4.27. The molecule has 1 fully saturated rings. The minimum absolute atomic E-state index is 0. The molecule has 1 saturated heterocycles. The van der Waals surface area contributed by atoms with E-state index in [1.165, 1.54) is 12.1 Å². The van der Waals surface area contributed by atoms with Gasteiger partial charge in [0, 0.05) is 25.2 Å². The Morgan fingerprint density at radius 3 is 2.54 bits per heavy atom. The number of ether oxygens (including phenoxy) is 1. The maximum Gasteiger partial charge on any atom is 0.416 e. The van der Waals surface area contributed by atoms with Gasteiger partial charge in [-0.25, -0.2) is 0 Å². The first-order valence-corrected chi connectivity index (χ1v) is 7.53. The molecule has 1 heterocycles. The fourth-order valence-electron chi connectivity index (χ4n) is 2.77. The molecule has 1 aliphatic heterocycles. The highest BCUT2D eigenvalue weighted by Gasteiger charge is 2.37. The van der Waals surface area contributed by atoms with Crippen molar-refractivity contribution in [1.82, 2.24) is 5.32 Å². The molecule has 3 N–H and O–H groups in total. The van der Waals surface area contributed by atoms with Crippen molar-refractivity contribution in [3.63, 3.8) is 0 Å². The van der Waals surface area contributed by atoms with Gasteiger partial charge in [-0.3, -0.25) is 4.79 Å². The Labute approximate surface area is 145 Å². The summed E-state index contributed by atoms with van der Waals surface area (Å²) in [5, 5.41) is 2.75. The van der Waals surface area contributed by atoms with E-state index in [9.17, 15) is 18.0 Å². The third kappa shape index (κ3) is 4.84. The van der Waals surface area contributed by atoms with Gasteiger partial charge in [-0.2, -0.15) is 13.2 Å². The fraction of sp³-hybridized carbons (Fsp3) is 0.562. The topological polar surface area (TPSA) is 64.4 Å². The maximum atomic E-state index is 13.0. The molecular formula is C16H22ClF3N2O2. The van der Waals surface area contributed by atoms with Crippen LogP contribution in [0.3, 0.4) is 0 Å². The molecule has 0 spiro atoms. The highest BCUT2D eigenvalue weighted by Crippen LogP contribution is 2.37. The summed E-state index contributed by atoms with van der Waals surface area (Å²) in [6.45, 7) is 2.71. The van der Waals surface area contributed by atoms with Gasteiger partial charge in [-0.1, -0.05) is 18.2 Å². The molecule has 136 valence electrons. The van der Waals surface area contributed by atoms with E-state index in [1.807, 2.05) is 0 Å². The molecule has 0 aromatic heterocycles. The van der Waals surface area contributed by atoms with Gasteiger partial charge in [0.25, 0.3) is 0 Å². The van der Waals surface area contributed by atoms with E-state index < -0.39 is 23.2 Å². The van der Waals surface area contributed by atoms with Crippen molar-refractivity contribution in [3.8, 4) is 0 Å². The van der Waals surface area contributed by atoms with E-state index in [0.29, 0.717) is 31.6 Å². The molecule has 1 atom stereocenters. The lowest BCUT2D eigenvalue weighted by atomic mass is 9.73. The highest BCUT2D eigenvalue weighted by molar-refractivity contribution is 5.85. The number of hydrogen-bond donors (Lipinski definition) is 2. The Balaban J connectivity index is 0.00000288. The smallest absolute Gasteiger partial charge is 0.381 e. The second kappa shape index (κ2) is 8.18. The summed E-state index contributed by atoms with van der Waals surface area (Å²) in [5.41, 5.74) is 4.85. The molecule has 1 aromatic rings. The molecule has 24 heavy (non-hydrogen) atoms. The Kier molecular flexibility index (Phi) is 7.07. The van der Waals surface area contributed by atoms with Crippen molar-refractivity contribution >= 4 is 18.3 Å². The second-order valence-electron chi connectivity index (χ2n) is 5.98. The van der Waals surface area contributed by atoms with Crippen LogP contribution in [0.2, 0.25) is 0 Å². The predicted octanol–water partition coefficient (Wildman–Crippen LogP) is 2.64. The van der Waals surface area contributed by atoms with Gasteiger partial charge in [-0.15, -0.1) is 12.4 Å². The minimum Gasteiger partial charge on any atom is -0.381 e. The standard InChI is InChI=1S/C16H21F3N2O2.ClH/c1-11(20)14(22)21-10-15(5-7-23-8-6-15)12-3-2-4-13(9-12)16(17,18)19;/h2-4,9,11H,5-8,10,20H2,1H3,(H,21,22);1H/t11-;/m1./s1. The van der Waals surface area contributed by atoms with E-state index in [-0.39, 0.29) is 24.9 Å². The molecule has 0 radical (unpaired) electrons. The van der Waals surface area contributed by atoms with Crippen molar-refractivity contribution in [1.29, 1.82) is 0 Å². The van der Waals surface area contributed by atoms with Gasteiger partial charge in [0.1, 0.15) is 0 Å². The Morgan fingerprint density at radius 2 is 2.00 bits per heavy atom. The predicted molar refractivity (Wildman–Crippen MR) is 87.1 cm³/mol. The summed E-state index contributed by atoms with van der Waals surface area (Å²) >= 11 is 0. The lowest BCUT2D eigenvalue weighted by molar-refractivity contribution is -0.137. The molecule has 1 aliphatic rings. The summed E-state index contributed by atoms with van der Waals surface area (Å²) in [7, 11) is 0. The van der Waals surface area contributed by atoms with Crippen LogP contribution in [0, 0.1) is 0 Å². The van der Waals surface area contributed by atoms with Crippen LogP contribution in [-0.2, 0) is 21.1 Å². The van der Waals surface area contributed by atoms with Crippen LogP contribution in [0.4, 0.5) is 13.2 Å². The average Bonchev–Trinajstić information content (AvgIpc) is 2.52. The molecule has 0 aliphatic carbocycles. The van der Waals surface area contributed by atoms with Gasteiger partial charge in [-0.05, 0) is 31.4 Å². The average molecular weight is 367 g/mol. The minimum atomic E-state index is -4.39.